The number of benzene rings is 2. The van der Waals surface area contributed by atoms with E-state index in [1.807, 2.05) is 13.8 Å². The van der Waals surface area contributed by atoms with Crippen molar-refractivity contribution in [3.8, 4) is 34.1 Å². The Morgan fingerprint density at radius 2 is 1.76 bits per heavy atom. The highest BCUT2D eigenvalue weighted by atomic mass is 16.7. The second-order valence-corrected chi connectivity index (χ2v) is 9.06. The standard InChI is InChI=1S/C26H28O11/c1-11(2)3-5-14-17(36-26-25(34)24(33)23(32)19(9-27)37-26)8-18-20(21(14)30)22(31)15(10-35-18)13-6-4-12(28)7-16(13)29/h3-4,6-8,10,19,23-30,32-34H,5,9H2,1-2H3/t19-,23-,24+,25-,26-/m1/s1. The zero-order valence-electron chi connectivity index (χ0n) is 20.0. The molecule has 0 aliphatic carbocycles. The Hall–Kier alpha value is -3.61. The van der Waals surface area contributed by atoms with Crippen LogP contribution < -0.4 is 10.2 Å². The SMILES string of the molecule is CC(C)=CCc1c(O[C@@H]2O[C@H](CO)[C@@H](O)[C@H](O)[C@H]2O)cc2occ(-c3ccc(O)cc3O)c(=O)c2c1O. The molecule has 5 atom stereocenters. The molecule has 0 unspecified atom stereocenters. The van der Waals surface area contributed by atoms with Crippen molar-refractivity contribution in [3.63, 3.8) is 0 Å². The molecule has 2 aromatic carbocycles. The minimum Gasteiger partial charge on any atom is -0.508 e. The van der Waals surface area contributed by atoms with Crippen LogP contribution in [0.1, 0.15) is 19.4 Å². The smallest absolute Gasteiger partial charge is 0.229 e. The van der Waals surface area contributed by atoms with E-state index in [1.165, 1.54) is 18.2 Å². The van der Waals surface area contributed by atoms with E-state index in [4.69, 9.17) is 13.9 Å². The van der Waals surface area contributed by atoms with Gasteiger partial charge in [0.15, 0.2) is 0 Å². The first kappa shape index (κ1) is 26.5. The van der Waals surface area contributed by atoms with Crippen LogP contribution >= 0.6 is 0 Å². The summed E-state index contributed by atoms with van der Waals surface area (Å²) in [5.41, 5.74) is 0.331. The normalized spacial score (nSPS) is 23.7. The Kier molecular flexibility index (Phi) is 7.44. The molecule has 1 fully saturated rings. The van der Waals surface area contributed by atoms with Gasteiger partial charge in [-0.3, -0.25) is 4.79 Å². The fraction of sp³-hybridized carbons (Fsp3) is 0.346. The number of fused-ring (bicyclic) bond motifs is 1. The number of hydrogen-bond donors (Lipinski definition) is 7. The Bertz CT molecular complexity index is 1390. The fourth-order valence-corrected chi connectivity index (χ4v) is 4.12. The number of aromatic hydroxyl groups is 3. The maximum atomic E-state index is 13.4. The molecule has 0 radical (unpaired) electrons. The zero-order valence-corrected chi connectivity index (χ0v) is 20.0. The van der Waals surface area contributed by atoms with Crippen LogP contribution in [0.25, 0.3) is 22.1 Å². The van der Waals surface area contributed by atoms with Crippen LogP contribution in [0.15, 0.2) is 51.4 Å². The minimum atomic E-state index is -1.70. The molecule has 0 amide bonds. The Balaban J connectivity index is 1.85. The molecule has 2 heterocycles. The maximum absolute atomic E-state index is 13.4. The molecule has 198 valence electrons. The first-order valence-electron chi connectivity index (χ1n) is 11.5. The van der Waals surface area contributed by atoms with E-state index in [-0.39, 0.29) is 51.3 Å². The summed E-state index contributed by atoms with van der Waals surface area (Å²) in [6.07, 6.45) is -4.74. The van der Waals surface area contributed by atoms with Crippen LogP contribution in [-0.2, 0) is 11.2 Å². The van der Waals surface area contributed by atoms with Gasteiger partial charge < -0.3 is 49.6 Å². The maximum Gasteiger partial charge on any atom is 0.229 e. The lowest BCUT2D eigenvalue weighted by Crippen LogP contribution is -2.60. The molecule has 0 bridgehead atoms. The zero-order chi connectivity index (χ0) is 27.0. The van der Waals surface area contributed by atoms with Gasteiger partial charge in [0, 0.05) is 23.3 Å². The summed E-state index contributed by atoms with van der Waals surface area (Å²) in [7, 11) is 0. The highest BCUT2D eigenvalue weighted by molar-refractivity contribution is 5.90. The van der Waals surface area contributed by atoms with E-state index >= 15 is 0 Å². The third kappa shape index (κ3) is 4.99. The Morgan fingerprint density at radius 3 is 2.41 bits per heavy atom. The number of phenols is 3. The third-order valence-electron chi connectivity index (χ3n) is 6.18. The molecule has 1 aromatic heterocycles. The Labute approximate surface area is 210 Å². The van der Waals surface area contributed by atoms with Crippen molar-refractivity contribution in [3.05, 3.63) is 58.0 Å². The van der Waals surface area contributed by atoms with Gasteiger partial charge in [-0.05, 0) is 32.4 Å². The van der Waals surface area contributed by atoms with Gasteiger partial charge in [-0.2, -0.15) is 0 Å². The van der Waals surface area contributed by atoms with Crippen molar-refractivity contribution in [2.45, 2.75) is 51.0 Å². The molecule has 7 N–H and O–H groups in total. The number of allylic oxidation sites excluding steroid dienone is 2. The van der Waals surface area contributed by atoms with Gasteiger partial charge in [-0.25, -0.2) is 0 Å². The highest BCUT2D eigenvalue weighted by Crippen LogP contribution is 2.39. The molecule has 0 spiro atoms. The number of hydrogen-bond acceptors (Lipinski definition) is 11. The molecule has 11 heteroatoms. The average molecular weight is 516 g/mol. The molecule has 1 aliphatic rings. The number of phenolic OH excluding ortho intramolecular Hbond substituents is 3. The van der Waals surface area contributed by atoms with Gasteiger partial charge in [-0.15, -0.1) is 0 Å². The lowest BCUT2D eigenvalue weighted by molar-refractivity contribution is -0.277. The predicted octanol–water partition coefficient (Wildman–Crippen LogP) is 1.26. The van der Waals surface area contributed by atoms with E-state index < -0.39 is 48.5 Å². The topological polar surface area (TPSA) is 190 Å². The molecule has 0 saturated carbocycles. The van der Waals surface area contributed by atoms with E-state index in [0.717, 1.165) is 17.9 Å². The summed E-state index contributed by atoms with van der Waals surface area (Å²) in [5.74, 6) is -1.06. The van der Waals surface area contributed by atoms with Gasteiger partial charge in [0.25, 0.3) is 0 Å². The average Bonchev–Trinajstić information content (AvgIpc) is 2.84. The molecular weight excluding hydrogens is 488 g/mol. The molecule has 1 saturated heterocycles. The van der Waals surface area contributed by atoms with Crippen LogP contribution in [0.2, 0.25) is 0 Å². The first-order valence-corrected chi connectivity index (χ1v) is 11.5. The van der Waals surface area contributed by atoms with Crippen LogP contribution in [-0.4, -0.2) is 73.1 Å². The Morgan fingerprint density at radius 1 is 1.03 bits per heavy atom. The van der Waals surface area contributed by atoms with Crippen LogP contribution in [0.4, 0.5) is 0 Å². The van der Waals surface area contributed by atoms with Gasteiger partial charge in [0.05, 0.1) is 12.2 Å². The lowest BCUT2D eigenvalue weighted by Gasteiger charge is -2.39. The molecule has 3 aromatic rings. The molecular formula is C26H28O11. The van der Waals surface area contributed by atoms with Gasteiger partial charge in [0.2, 0.25) is 11.7 Å². The highest BCUT2D eigenvalue weighted by Gasteiger charge is 2.45. The van der Waals surface area contributed by atoms with Gasteiger partial charge in [0.1, 0.15) is 64.6 Å². The number of aliphatic hydroxyl groups excluding tert-OH is 4. The van der Waals surface area contributed by atoms with Crippen LogP contribution in [0, 0.1) is 0 Å². The van der Waals surface area contributed by atoms with Crippen molar-refractivity contribution in [1.29, 1.82) is 0 Å². The number of rotatable bonds is 6. The quantitative estimate of drug-likeness (QED) is 0.234. The largest absolute Gasteiger partial charge is 0.508 e. The summed E-state index contributed by atoms with van der Waals surface area (Å²) in [4.78, 5) is 13.4. The van der Waals surface area contributed by atoms with Crippen LogP contribution in [0.3, 0.4) is 0 Å². The second kappa shape index (κ2) is 10.4. The van der Waals surface area contributed by atoms with Crippen molar-refractivity contribution in [2.24, 2.45) is 0 Å². The van der Waals surface area contributed by atoms with Gasteiger partial charge in [-0.1, -0.05) is 11.6 Å². The molecule has 37 heavy (non-hydrogen) atoms. The lowest BCUT2D eigenvalue weighted by atomic mass is 9.98. The summed E-state index contributed by atoms with van der Waals surface area (Å²) in [6, 6.07) is 5.00. The predicted molar refractivity (Wildman–Crippen MR) is 130 cm³/mol. The van der Waals surface area contributed by atoms with Crippen molar-refractivity contribution in [1.82, 2.24) is 0 Å². The van der Waals surface area contributed by atoms with E-state index in [0.29, 0.717) is 0 Å². The summed E-state index contributed by atoms with van der Waals surface area (Å²) >= 11 is 0. The summed E-state index contributed by atoms with van der Waals surface area (Å²) < 4.78 is 16.8. The van der Waals surface area contributed by atoms with Crippen LogP contribution in [0.5, 0.6) is 23.0 Å². The third-order valence-corrected chi connectivity index (χ3v) is 6.18. The fourth-order valence-electron chi connectivity index (χ4n) is 4.12. The molecule has 1 aliphatic heterocycles. The number of ether oxygens (including phenoxy) is 2. The second-order valence-electron chi connectivity index (χ2n) is 9.06. The van der Waals surface area contributed by atoms with E-state index in [9.17, 15) is 40.5 Å². The van der Waals surface area contributed by atoms with Crippen molar-refractivity contribution in [2.75, 3.05) is 6.61 Å². The number of aliphatic hydroxyl groups is 4. The first-order chi connectivity index (χ1) is 17.5. The van der Waals surface area contributed by atoms with E-state index in [2.05, 4.69) is 0 Å². The van der Waals surface area contributed by atoms with Crippen molar-refractivity contribution < 1.29 is 49.6 Å². The monoisotopic (exact) mass is 516 g/mol. The van der Waals surface area contributed by atoms with Gasteiger partial charge >= 0.3 is 0 Å². The molecule has 11 nitrogen and oxygen atoms in total. The minimum absolute atomic E-state index is 0.0322. The summed E-state index contributed by atoms with van der Waals surface area (Å²) in [5, 5.41) is 70.8. The van der Waals surface area contributed by atoms with Crippen molar-refractivity contribution >= 4 is 11.0 Å². The van der Waals surface area contributed by atoms with E-state index in [1.54, 1.807) is 6.08 Å². The molecule has 4 rings (SSSR count). The summed E-state index contributed by atoms with van der Waals surface area (Å²) in [6.45, 7) is 3.01.